The van der Waals surface area contributed by atoms with E-state index in [1.54, 1.807) is 11.1 Å². The van der Waals surface area contributed by atoms with Crippen LogP contribution in [0.3, 0.4) is 0 Å². The van der Waals surface area contributed by atoms with Gasteiger partial charge >= 0.3 is 0 Å². The predicted molar refractivity (Wildman–Crippen MR) is 56.3 cm³/mol. The third-order valence-corrected chi connectivity index (χ3v) is 3.37. The van der Waals surface area contributed by atoms with Gasteiger partial charge in [-0.2, -0.15) is 0 Å². The van der Waals surface area contributed by atoms with Gasteiger partial charge in [0.25, 0.3) is 0 Å². The minimum atomic E-state index is 0.185. The van der Waals surface area contributed by atoms with Crippen LogP contribution in [0.1, 0.15) is 54.2 Å². The summed E-state index contributed by atoms with van der Waals surface area (Å²) in [5.74, 6) is 1.66. The maximum Gasteiger partial charge on any atom is 0.0681 e. The molecule has 1 aromatic rings. The van der Waals surface area contributed by atoms with Gasteiger partial charge in [0.2, 0.25) is 0 Å². The highest BCUT2D eigenvalue weighted by Gasteiger charge is 2.32. The van der Waals surface area contributed by atoms with E-state index in [4.69, 9.17) is 5.11 Å². The number of benzene rings is 1. The van der Waals surface area contributed by atoms with E-state index in [-0.39, 0.29) is 6.61 Å². The van der Waals surface area contributed by atoms with Crippen molar-refractivity contribution in [3.05, 3.63) is 34.9 Å². The van der Waals surface area contributed by atoms with Crippen molar-refractivity contribution in [1.29, 1.82) is 0 Å². The predicted octanol–water partition coefficient (Wildman–Crippen LogP) is 2.93. The summed E-state index contributed by atoms with van der Waals surface area (Å²) in [4.78, 5) is 0. The highest BCUT2D eigenvalue weighted by molar-refractivity contribution is 5.40. The van der Waals surface area contributed by atoms with Crippen LogP contribution in [0.4, 0.5) is 0 Å². The summed E-state index contributed by atoms with van der Waals surface area (Å²) in [6.45, 7) is 0.185. The number of rotatable bonds is 3. The highest BCUT2D eigenvalue weighted by atomic mass is 16.3. The van der Waals surface area contributed by atoms with Gasteiger partial charge < -0.3 is 5.11 Å². The van der Waals surface area contributed by atoms with E-state index in [0.717, 1.165) is 17.4 Å². The molecule has 3 rings (SSSR count). The van der Waals surface area contributed by atoms with Gasteiger partial charge in [-0.15, -0.1) is 0 Å². The molecule has 0 aliphatic heterocycles. The summed E-state index contributed by atoms with van der Waals surface area (Å²) in [5, 5.41) is 9.11. The molecular weight excluding hydrogens is 172 g/mol. The number of aliphatic hydroxyl groups excluding tert-OH is 1. The van der Waals surface area contributed by atoms with E-state index in [1.165, 1.54) is 25.7 Å². The minimum Gasteiger partial charge on any atom is -0.392 e. The Morgan fingerprint density at radius 3 is 2.21 bits per heavy atom. The fourth-order valence-electron chi connectivity index (χ4n) is 2.24. The van der Waals surface area contributed by atoms with Gasteiger partial charge in [-0.1, -0.05) is 18.2 Å². The normalized spacial score (nSPS) is 21.2. The Balaban J connectivity index is 2.00. The van der Waals surface area contributed by atoms with Crippen LogP contribution in [-0.2, 0) is 6.61 Å². The topological polar surface area (TPSA) is 20.2 Å². The molecule has 1 heteroatoms. The Hall–Kier alpha value is -0.820. The van der Waals surface area contributed by atoms with Crippen LogP contribution < -0.4 is 0 Å². The largest absolute Gasteiger partial charge is 0.392 e. The average molecular weight is 188 g/mol. The van der Waals surface area contributed by atoms with Crippen LogP contribution in [0.25, 0.3) is 0 Å². The summed E-state index contributed by atoms with van der Waals surface area (Å²) < 4.78 is 0. The summed E-state index contributed by atoms with van der Waals surface area (Å²) in [5.41, 5.74) is 4.19. The maximum absolute atomic E-state index is 9.11. The molecule has 0 amide bonds. The smallest absolute Gasteiger partial charge is 0.0681 e. The first-order valence-electron chi connectivity index (χ1n) is 5.62. The van der Waals surface area contributed by atoms with Crippen LogP contribution in [0, 0.1) is 0 Å². The summed E-state index contributed by atoms with van der Waals surface area (Å²) in [6.07, 6.45) is 5.46. The van der Waals surface area contributed by atoms with Crippen molar-refractivity contribution in [2.45, 2.75) is 44.1 Å². The zero-order chi connectivity index (χ0) is 9.54. The molecule has 2 aliphatic rings. The molecule has 0 spiro atoms. The molecule has 0 aromatic heterocycles. The molecule has 2 saturated carbocycles. The third-order valence-electron chi connectivity index (χ3n) is 3.37. The van der Waals surface area contributed by atoms with Gasteiger partial charge in [0.15, 0.2) is 0 Å². The first-order chi connectivity index (χ1) is 6.88. The standard InChI is InChI=1S/C13H16O/c14-8-9-1-6-12(10-2-3-10)13(7-9)11-4-5-11/h1,6-7,10-11,14H,2-5,8H2. The van der Waals surface area contributed by atoms with Gasteiger partial charge in [0, 0.05) is 0 Å². The zero-order valence-corrected chi connectivity index (χ0v) is 8.37. The van der Waals surface area contributed by atoms with Gasteiger partial charge in [-0.25, -0.2) is 0 Å². The fourth-order valence-corrected chi connectivity index (χ4v) is 2.24. The van der Waals surface area contributed by atoms with E-state index in [9.17, 15) is 0 Å². The number of aliphatic hydroxyl groups is 1. The van der Waals surface area contributed by atoms with Gasteiger partial charge in [0.1, 0.15) is 0 Å². The monoisotopic (exact) mass is 188 g/mol. The summed E-state index contributed by atoms with van der Waals surface area (Å²) in [6, 6.07) is 6.56. The quantitative estimate of drug-likeness (QED) is 0.773. The Bertz CT molecular complexity index is 348. The van der Waals surface area contributed by atoms with Crippen molar-refractivity contribution >= 4 is 0 Å². The molecule has 0 bridgehead atoms. The zero-order valence-electron chi connectivity index (χ0n) is 8.37. The summed E-state index contributed by atoms with van der Waals surface area (Å²) >= 11 is 0. The molecule has 1 nitrogen and oxygen atoms in total. The molecule has 2 fully saturated rings. The third kappa shape index (κ3) is 1.46. The first kappa shape index (κ1) is 8.49. The molecule has 2 aliphatic carbocycles. The van der Waals surface area contributed by atoms with Crippen molar-refractivity contribution in [2.24, 2.45) is 0 Å². The molecule has 74 valence electrons. The lowest BCUT2D eigenvalue weighted by Crippen LogP contribution is -1.93. The van der Waals surface area contributed by atoms with E-state index < -0.39 is 0 Å². The minimum absolute atomic E-state index is 0.185. The molecule has 0 radical (unpaired) electrons. The van der Waals surface area contributed by atoms with Crippen LogP contribution in [0.2, 0.25) is 0 Å². The van der Waals surface area contributed by atoms with Gasteiger partial charge in [-0.05, 0) is 54.2 Å². The van der Waals surface area contributed by atoms with Crippen molar-refractivity contribution in [1.82, 2.24) is 0 Å². The molecule has 0 saturated heterocycles. The second kappa shape index (κ2) is 3.09. The molecule has 0 atom stereocenters. The molecule has 14 heavy (non-hydrogen) atoms. The molecule has 1 aromatic carbocycles. The average Bonchev–Trinajstić information content (AvgIpc) is 3.04. The SMILES string of the molecule is OCc1ccc(C2CC2)c(C2CC2)c1. The molecule has 0 unspecified atom stereocenters. The van der Waals surface area contributed by atoms with Crippen molar-refractivity contribution in [3.63, 3.8) is 0 Å². The summed E-state index contributed by atoms with van der Waals surface area (Å²) in [7, 11) is 0. The van der Waals surface area contributed by atoms with E-state index in [1.807, 2.05) is 0 Å². The van der Waals surface area contributed by atoms with E-state index in [0.29, 0.717) is 0 Å². The van der Waals surface area contributed by atoms with Crippen molar-refractivity contribution < 1.29 is 5.11 Å². The number of hydrogen-bond donors (Lipinski definition) is 1. The van der Waals surface area contributed by atoms with E-state index in [2.05, 4.69) is 18.2 Å². The fraction of sp³-hybridized carbons (Fsp3) is 0.538. The van der Waals surface area contributed by atoms with Crippen molar-refractivity contribution in [2.75, 3.05) is 0 Å². The second-order valence-corrected chi connectivity index (χ2v) is 4.67. The maximum atomic E-state index is 9.11. The van der Waals surface area contributed by atoms with Crippen LogP contribution in [0.15, 0.2) is 18.2 Å². The van der Waals surface area contributed by atoms with Crippen molar-refractivity contribution in [3.8, 4) is 0 Å². The van der Waals surface area contributed by atoms with Crippen LogP contribution in [-0.4, -0.2) is 5.11 Å². The number of hydrogen-bond acceptors (Lipinski definition) is 1. The van der Waals surface area contributed by atoms with Crippen LogP contribution in [0.5, 0.6) is 0 Å². The first-order valence-corrected chi connectivity index (χ1v) is 5.62. The Morgan fingerprint density at radius 1 is 1.00 bits per heavy atom. The van der Waals surface area contributed by atoms with Gasteiger partial charge in [0.05, 0.1) is 6.61 Å². The van der Waals surface area contributed by atoms with E-state index >= 15 is 0 Å². The lowest BCUT2D eigenvalue weighted by Gasteiger charge is -2.09. The lowest BCUT2D eigenvalue weighted by atomic mass is 9.97. The second-order valence-electron chi connectivity index (χ2n) is 4.67. The molecule has 0 heterocycles. The Labute approximate surface area is 84.8 Å². The molecule has 1 N–H and O–H groups in total. The molecular formula is C13H16O. The lowest BCUT2D eigenvalue weighted by molar-refractivity contribution is 0.281. The van der Waals surface area contributed by atoms with Crippen LogP contribution >= 0.6 is 0 Å². The van der Waals surface area contributed by atoms with Gasteiger partial charge in [-0.3, -0.25) is 0 Å². The Morgan fingerprint density at radius 2 is 1.64 bits per heavy atom. The highest BCUT2D eigenvalue weighted by Crippen LogP contribution is 2.49. The Kier molecular flexibility index (Phi) is 1.88.